The SMILES string of the molecule is O=C(O)c1ccc(OCCCCCCS(=O)c2ccccc2)cc1O. The molecule has 134 valence electrons. The Morgan fingerprint density at radius 2 is 1.72 bits per heavy atom. The second-order valence-electron chi connectivity index (χ2n) is 5.61. The molecule has 0 amide bonds. The summed E-state index contributed by atoms with van der Waals surface area (Å²) < 4.78 is 17.6. The molecule has 0 aliphatic rings. The third-order valence-corrected chi connectivity index (χ3v) is 5.16. The summed E-state index contributed by atoms with van der Waals surface area (Å²) in [5, 5.41) is 18.4. The first-order chi connectivity index (χ1) is 12.1. The Labute approximate surface area is 149 Å². The monoisotopic (exact) mass is 362 g/mol. The highest BCUT2D eigenvalue weighted by Gasteiger charge is 2.10. The molecule has 0 spiro atoms. The minimum Gasteiger partial charge on any atom is -0.507 e. The molecule has 2 rings (SSSR count). The summed E-state index contributed by atoms with van der Waals surface area (Å²) >= 11 is 0. The molecule has 2 aromatic rings. The van der Waals surface area contributed by atoms with E-state index in [1.165, 1.54) is 18.2 Å². The van der Waals surface area contributed by atoms with Crippen LogP contribution in [0.3, 0.4) is 0 Å². The fraction of sp³-hybridized carbons (Fsp3) is 0.316. The highest BCUT2D eigenvalue weighted by atomic mass is 32.2. The third-order valence-electron chi connectivity index (χ3n) is 3.70. The number of unbranched alkanes of at least 4 members (excludes halogenated alkanes) is 3. The minimum absolute atomic E-state index is 0.140. The van der Waals surface area contributed by atoms with Crippen LogP contribution in [0, 0.1) is 0 Å². The van der Waals surface area contributed by atoms with Crippen LogP contribution in [-0.4, -0.2) is 32.8 Å². The van der Waals surface area contributed by atoms with Crippen LogP contribution in [0.5, 0.6) is 11.5 Å². The van der Waals surface area contributed by atoms with E-state index in [1.54, 1.807) is 0 Å². The van der Waals surface area contributed by atoms with E-state index < -0.39 is 16.8 Å². The van der Waals surface area contributed by atoms with E-state index in [9.17, 15) is 14.1 Å². The quantitative estimate of drug-likeness (QED) is 0.628. The molecule has 0 aliphatic heterocycles. The summed E-state index contributed by atoms with van der Waals surface area (Å²) in [4.78, 5) is 11.7. The number of carboxylic acid groups (broad SMARTS) is 1. The smallest absolute Gasteiger partial charge is 0.339 e. The van der Waals surface area contributed by atoms with Crippen LogP contribution >= 0.6 is 0 Å². The summed E-state index contributed by atoms with van der Waals surface area (Å²) in [6.07, 6.45) is 3.69. The molecular formula is C19H22O5S. The van der Waals surface area contributed by atoms with Gasteiger partial charge in [-0.3, -0.25) is 4.21 Å². The molecule has 6 heteroatoms. The molecular weight excluding hydrogens is 340 g/mol. The lowest BCUT2D eigenvalue weighted by Crippen LogP contribution is -2.01. The molecule has 1 atom stereocenters. The summed E-state index contributed by atoms with van der Waals surface area (Å²) in [6, 6.07) is 13.6. The van der Waals surface area contributed by atoms with E-state index in [2.05, 4.69) is 0 Å². The molecule has 5 nitrogen and oxygen atoms in total. The van der Waals surface area contributed by atoms with E-state index in [4.69, 9.17) is 9.84 Å². The highest BCUT2D eigenvalue weighted by Crippen LogP contribution is 2.23. The van der Waals surface area contributed by atoms with Crippen LogP contribution in [0.25, 0.3) is 0 Å². The molecule has 1 unspecified atom stereocenters. The first-order valence-electron chi connectivity index (χ1n) is 8.20. The van der Waals surface area contributed by atoms with E-state index >= 15 is 0 Å². The van der Waals surface area contributed by atoms with Crippen LogP contribution in [0.2, 0.25) is 0 Å². The average molecular weight is 362 g/mol. The molecule has 0 saturated carbocycles. The predicted octanol–water partition coefficient (Wildman–Crippen LogP) is 3.84. The molecule has 25 heavy (non-hydrogen) atoms. The molecule has 0 aromatic heterocycles. The maximum atomic E-state index is 12.0. The van der Waals surface area contributed by atoms with Gasteiger partial charge >= 0.3 is 5.97 Å². The summed E-state index contributed by atoms with van der Waals surface area (Å²) in [5.41, 5.74) is -0.140. The van der Waals surface area contributed by atoms with E-state index in [1.807, 2.05) is 30.3 Å². The number of rotatable bonds is 10. The van der Waals surface area contributed by atoms with E-state index in [0.717, 1.165) is 30.6 Å². The number of phenols is 1. The number of aromatic carboxylic acids is 1. The van der Waals surface area contributed by atoms with Crippen LogP contribution in [0.4, 0.5) is 0 Å². The van der Waals surface area contributed by atoms with Gasteiger partial charge in [-0.05, 0) is 37.1 Å². The van der Waals surface area contributed by atoms with Crippen molar-refractivity contribution in [1.29, 1.82) is 0 Å². The van der Waals surface area contributed by atoms with Gasteiger partial charge in [0.2, 0.25) is 0 Å². The standard InChI is InChI=1S/C19H22O5S/c20-18-14-15(10-11-17(18)19(21)22)24-12-6-1-2-7-13-25(23)16-8-4-3-5-9-16/h3-5,8-11,14,20H,1-2,6-7,12-13H2,(H,21,22). The maximum absolute atomic E-state index is 12.0. The Morgan fingerprint density at radius 3 is 2.40 bits per heavy atom. The molecule has 0 radical (unpaired) electrons. The fourth-order valence-electron chi connectivity index (χ4n) is 2.35. The highest BCUT2D eigenvalue weighted by molar-refractivity contribution is 7.85. The average Bonchev–Trinajstić information content (AvgIpc) is 2.61. The number of hydrogen-bond donors (Lipinski definition) is 2. The van der Waals surface area contributed by atoms with Crippen LogP contribution in [-0.2, 0) is 10.8 Å². The lowest BCUT2D eigenvalue weighted by Gasteiger charge is -2.08. The lowest BCUT2D eigenvalue weighted by molar-refractivity contribution is 0.0693. The van der Waals surface area contributed by atoms with Gasteiger partial charge in [0.25, 0.3) is 0 Å². The van der Waals surface area contributed by atoms with Crippen molar-refractivity contribution in [2.24, 2.45) is 0 Å². The maximum Gasteiger partial charge on any atom is 0.339 e. The number of benzene rings is 2. The summed E-state index contributed by atoms with van der Waals surface area (Å²) in [6.45, 7) is 0.494. The van der Waals surface area contributed by atoms with Crippen LogP contribution in [0.15, 0.2) is 53.4 Å². The predicted molar refractivity (Wildman–Crippen MR) is 96.7 cm³/mol. The van der Waals surface area contributed by atoms with Crippen molar-refractivity contribution in [2.45, 2.75) is 30.6 Å². The molecule has 0 bridgehead atoms. The number of ether oxygens (including phenoxy) is 1. The van der Waals surface area contributed by atoms with Crippen molar-refractivity contribution < 1.29 is 24.0 Å². The van der Waals surface area contributed by atoms with Gasteiger partial charge in [-0.1, -0.05) is 31.0 Å². The van der Waals surface area contributed by atoms with Gasteiger partial charge in [0.1, 0.15) is 17.1 Å². The van der Waals surface area contributed by atoms with Crippen molar-refractivity contribution in [3.05, 3.63) is 54.1 Å². The molecule has 0 fully saturated rings. The molecule has 0 aliphatic carbocycles. The van der Waals surface area contributed by atoms with Crippen LogP contribution in [0.1, 0.15) is 36.0 Å². The number of carbonyl (C=O) groups is 1. The zero-order chi connectivity index (χ0) is 18.1. The molecule has 2 N–H and O–H groups in total. The molecule has 0 heterocycles. The van der Waals surface area contributed by atoms with E-state index in [-0.39, 0.29) is 11.3 Å². The Hall–Kier alpha value is -2.34. The Morgan fingerprint density at radius 1 is 1.00 bits per heavy atom. The number of carboxylic acids is 1. The fourth-order valence-corrected chi connectivity index (χ4v) is 3.51. The summed E-state index contributed by atoms with van der Waals surface area (Å²) in [5.74, 6) is -0.354. The van der Waals surface area contributed by atoms with Gasteiger partial charge in [0.05, 0.1) is 17.4 Å². The zero-order valence-electron chi connectivity index (χ0n) is 13.9. The zero-order valence-corrected chi connectivity index (χ0v) is 14.7. The van der Waals surface area contributed by atoms with Gasteiger partial charge in [0, 0.05) is 16.7 Å². The van der Waals surface area contributed by atoms with Gasteiger partial charge in [-0.2, -0.15) is 0 Å². The number of hydrogen-bond acceptors (Lipinski definition) is 4. The van der Waals surface area contributed by atoms with Crippen molar-refractivity contribution in [2.75, 3.05) is 12.4 Å². The first kappa shape index (κ1) is 19.0. The topological polar surface area (TPSA) is 83.8 Å². The third kappa shape index (κ3) is 6.23. The van der Waals surface area contributed by atoms with Gasteiger partial charge in [-0.25, -0.2) is 4.79 Å². The minimum atomic E-state index is -1.17. The molecule has 0 saturated heterocycles. The first-order valence-corrected chi connectivity index (χ1v) is 9.52. The van der Waals surface area contributed by atoms with Gasteiger partial charge in [-0.15, -0.1) is 0 Å². The molecule has 2 aromatic carbocycles. The summed E-state index contributed by atoms with van der Waals surface area (Å²) in [7, 11) is -0.936. The van der Waals surface area contributed by atoms with Crippen molar-refractivity contribution in [3.8, 4) is 11.5 Å². The lowest BCUT2D eigenvalue weighted by atomic mass is 10.2. The van der Waals surface area contributed by atoms with Crippen molar-refractivity contribution >= 4 is 16.8 Å². The Balaban J connectivity index is 1.60. The van der Waals surface area contributed by atoms with Crippen LogP contribution < -0.4 is 4.74 Å². The second-order valence-corrected chi connectivity index (χ2v) is 7.18. The van der Waals surface area contributed by atoms with Gasteiger partial charge in [0.15, 0.2) is 0 Å². The Bertz CT molecular complexity index is 715. The largest absolute Gasteiger partial charge is 0.507 e. The van der Waals surface area contributed by atoms with Crippen molar-refractivity contribution in [1.82, 2.24) is 0 Å². The Kier molecular flexibility index (Phi) is 7.47. The normalized spacial score (nSPS) is 11.8. The second kappa shape index (κ2) is 9.84. The number of aromatic hydroxyl groups is 1. The van der Waals surface area contributed by atoms with Gasteiger partial charge < -0.3 is 14.9 Å². The van der Waals surface area contributed by atoms with Crippen molar-refractivity contribution in [3.63, 3.8) is 0 Å². The van der Waals surface area contributed by atoms with E-state index in [0.29, 0.717) is 18.1 Å².